The summed E-state index contributed by atoms with van der Waals surface area (Å²) in [6, 6.07) is 13.4. The molecule has 0 aliphatic carbocycles. The maximum atomic E-state index is 9.88. The molecule has 3 N–H and O–H groups in total. The van der Waals surface area contributed by atoms with Gasteiger partial charge in [0.2, 0.25) is 0 Å². The second-order valence-electron chi connectivity index (χ2n) is 6.76. The van der Waals surface area contributed by atoms with E-state index in [4.69, 9.17) is 28.9 Å². The van der Waals surface area contributed by atoms with Crippen molar-refractivity contribution >= 4 is 40.7 Å². The van der Waals surface area contributed by atoms with Crippen LogP contribution in [-0.2, 0) is 13.2 Å². The van der Waals surface area contributed by atoms with Crippen LogP contribution in [-0.4, -0.2) is 9.67 Å². The lowest BCUT2D eigenvalue weighted by Crippen LogP contribution is -2.01. The fourth-order valence-corrected chi connectivity index (χ4v) is 5.06. The molecule has 3 nitrogen and oxygen atoms in total. The Hall–Kier alpha value is -1.59. The number of hydrogen-bond donors (Lipinski definition) is 2. The van der Waals surface area contributed by atoms with Crippen molar-refractivity contribution in [1.82, 2.24) is 4.57 Å². The molecule has 0 fully saturated rings. The lowest BCUT2D eigenvalue weighted by Gasteiger charge is -2.14. The van der Waals surface area contributed by atoms with E-state index in [1.807, 2.05) is 42.6 Å². The average molecular weight is 421 g/mol. The summed E-state index contributed by atoms with van der Waals surface area (Å²) in [5, 5.41) is 12.2. The van der Waals surface area contributed by atoms with Gasteiger partial charge in [-0.1, -0.05) is 60.9 Å². The molecule has 0 radical (unpaired) electrons. The third kappa shape index (κ3) is 4.82. The maximum absolute atomic E-state index is 9.88. The molecular weight excluding hydrogens is 399 g/mol. The van der Waals surface area contributed by atoms with Gasteiger partial charge in [-0.2, -0.15) is 0 Å². The van der Waals surface area contributed by atoms with Crippen LogP contribution in [0.2, 0.25) is 10.0 Å². The number of hydrogen-bond acceptors (Lipinski definition) is 3. The van der Waals surface area contributed by atoms with Crippen molar-refractivity contribution in [3.8, 4) is 0 Å². The van der Waals surface area contributed by atoms with E-state index in [0.29, 0.717) is 16.6 Å². The maximum Gasteiger partial charge on any atom is 0.0838 e. The molecule has 0 spiro atoms. The predicted octanol–water partition coefficient (Wildman–Crippen LogP) is 6.19. The number of nitrogen functional groups attached to an aromatic ring is 1. The van der Waals surface area contributed by atoms with E-state index in [1.165, 1.54) is 0 Å². The molecule has 3 aromatic rings. The van der Waals surface area contributed by atoms with Gasteiger partial charge in [-0.05, 0) is 52.9 Å². The van der Waals surface area contributed by atoms with Crippen LogP contribution < -0.4 is 5.73 Å². The highest BCUT2D eigenvalue weighted by Gasteiger charge is 2.19. The fourth-order valence-electron chi connectivity index (χ4n) is 3.10. The van der Waals surface area contributed by atoms with Crippen molar-refractivity contribution in [2.75, 3.05) is 5.73 Å². The number of benzene rings is 2. The molecule has 6 heteroatoms. The first kappa shape index (κ1) is 20.2. The molecule has 0 amide bonds. The molecule has 27 heavy (non-hydrogen) atoms. The quantitative estimate of drug-likeness (QED) is 0.467. The molecule has 0 unspecified atom stereocenters. The van der Waals surface area contributed by atoms with Crippen molar-refractivity contribution in [3.05, 3.63) is 75.4 Å². The highest BCUT2D eigenvalue weighted by Crippen LogP contribution is 2.39. The number of nitrogens with two attached hydrogens (primary N) is 1. The normalized spacial score (nSPS) is 11.3. The summed E-state index contributed by atoms with van der Waals surface area (Å²) in [5.74, 6) is 0.275. The first-order valence-electron chi connectivity index (χ1n) is 8.68. The lowest BCUT2D eigenvalue weighted by atomic mass is 10.0. The van der Waals surface area contributed by atoms with Crippen molar-refractivity contribution in [2.45, 2.75) is 42.8 Å². The highest BCUT2D eigenvalue weighted by atomic mass is 35.5. The number of aromatic nitrogens is 1. The van der Waals surface area contributed by atoms with Gasteiger partial charge in [-0.15, -0.1) is 0 Å². The summed E-state index contributed by atoms with van der Waals surface area (Å²) >= 11 is 14.0. The van der Waals surface area contributed by atoms with Crippen molar-refractivity contribution < 1.29 is 5.11 Å². The molecule has 0 saturated carbocycles. The molecule has 3 rings (SSSR count). The number of aliphatic hydroxyl groups excluding tert-OH is 1. The Balaban J connectivity index is 2.05. The molecule has 0 saturated heterocycles. The lowest BCUT2D eigenvalue weighted by molar-refractivity contribution is 0.280. The Bertz CT molecular complexity index is 916. The number of anilines is 1. The molecule has 0 aliphatic heterocycles. The molecule has 0 aliphatic rings. The molecule has 0 bridgehead atoms. The van der Waals surface area contributed by atoms with Crippen LogP contribution in [0.15, 0.2) is 58.6 Å². The molecule has 142 valence electrons. The summed E-state index contributed by atoms with van der Waals surface area (Å²) in [6.07, 6.45) is 2.03. The van der Waals surface area contributed by atoms with Crippen molar-refractivity contribution in [1.29, 1.82) is 0 Å². The van der Waals surface area contributed by atoms with Gasteiger partial charge >= 0.3 is 0 Å². The third-order valence-corrected chi connectivity index (χ3v) is 5.84. The standard InChI is InChI=1S/C21H22Cl2N2OS/c1-13(2)20-15(12-26)11-25(10-14-3-5-18(24)6-4-14)21(20)27-19-8-16(22)7-17(23)9-19/h3-9,11,13,26H,10,12,24H2,1-2H3. The number of aliphatic hydroxyl groups is 1. The Kier molecular flexibility index (Phi) is 6.43. The van der Waals surface area contributed by atoms with E-state index >= 15 is 0 Å². The Morgan fingerprint density at radius 2 is 1.70 bits per heavy atom. The van der Waals surface area contributed by atoms with Gasteiger partial charge in [0.05, 0.1) is 11.6 Å². The van der Waals surface area contributed by atoms with E-state index in [1.54, 1.807) is 17.8 Å². The Morgan fingerprint density at radius 3 is 2.26 bits per heavy atom. The molecule has 2 aromatic carbocycles. The first-order chi connectivity index (χ1) is 12.9. The SMILES string of the molecule is CC(C)c1c(CO)cn(Cc2ccc(N)cc2)c1Sc1cc(Cl)cc(Cl)c1. The molecule has 1 heterocycles. The summed E-state index contributed by atoms with van der Waals surface area (Å²) < 4.78 is 2.17. The van der Waals surface area contributed by atoms with Gasteiger partial charge in [0.15, 0.2) is 0 Å². The van der Waals surface area contributed by atoms with E-state index in [9.17, 15) is 5.11 Å². The van der Waals surface area contributed by atoms with Crippen LogP contribution in [0.25, 0.3) is 0 Å². The molecule has 0 atom stereocenters. The van der Waals surface area contributed by atoms with E-state index in [2.05, 4.69) is 18.4 Å². The number of nitrogens with zero attached hydrogens (tertiary/aromatic N) is 1. The van der Waals surface area contributed by atoms with Crippen LogP contribution in [0.3, 0.4) is 0 Å². The predicted molar refractivity (Wildman–Crippen MR) is 115 cm³/mol. The minimum atomic E-state index is 0.00606. The minimum Gasteiger partial charge on any atom is -0.399 e. The largest absolute Gasteiger partial charge is 0.399 e. The molecular formula is C21H22Cl2N2OS. The van der Waals surface area contributed by atoms with Gasteiger partial charge in [0, 0.05) is 33.4 Å². The van der Waals surface area contributed by atoms with Crippen LogP contribution in [0.4, 0.5) is 5.69 Å². The summed E-state index contributed by atoms with van der Waals surface area (Å²) in [6.45, 7) is 4.97. The Morgan fingerprint density at radius 1 is 1.07 bits per heavy atom. The smallest absolute Gasteiger partial charge is 0.0838 e. The Labute approximate surface area is 174 Å². The highest BCUT2D eigenvalue weighted by molar-refractivity contribution is 7.99. The fraction of sp³-hybridized carbons (Fsp3) is 0.238. The third-order valence-electron chi connectivity index (χ3n) is 4.28. The van der Waals surface area contributed by atoms with Gasteiger partial charge in [0.1, 0.15) is 0 Å². The van der Waals surface area contributed by atoms with E-state index in [-0.39, 0.29) is 12.5 Å². The molecule has 1 aromatic heterocycles. The van der Waals surface area contributed by atoms with Gasteiger partial charge in [-0.3, -0.25) is 0 Å². The minimum absolute atomic E-state index is 0.00606. The zero-order valence-corrected chi connectivity index (χ0v) is 17.6. The van der Waals surface area contributed by atoms with Crippen LogP contribution in [0, 0.1) is 0 Å². The average Bonchev–Trinajstić information content (AvgIpc) is 2.93. The van der Waals surface area contributed by atoms with Gasteiger partial charge in [0.25, 0.3) is 0 Å². The monoisotopic (exact) mass is 420 g/mol. The summed E-state index contributed by atoms with van der Waals surface area (Å²) in [4.78, 5) is 0.968. The van der Waals surface area contributed by atoms with E-state index < -0.39 is 0 Å². The van der Waals surface area contributed by atoms with Crippen LogP contribution >= 0.6 is 35.0 Å². The zero-order chi connectivity index (χ0) is 19.6. The van der Waals surface area contributed by atoms with Gasteiger partial charge < -0.3 is 15.4 Å². The second kappa shape index (κ2) is 8.61. The van der Waals surface area contributed by atoms with Crippen molar-refractivity contribution in [3.63, 3.8) is 0 Å². The number of halogens is 2. The number of rotatable bonds is 6. The second-order valence-corrected chi connectivity index (χ2v) is 8.70. The zero-order valence-electron chi connectivity index (χ0n) is 15.2. The van der Waals surface area contributed by atoms with Crippen molar-refractivity contribution in [2.24, 2.45) is 0 Å². The van der Waals surface area contributed by atoms with Crippen LogP contribution in [0.5, 0.6) is 0 Å². The summed E-state index contributed by atoms with van der Waals surface area (Å²) in [5.41, 5.74) is 9.78. The first-order valence-corrected chi connectivity index (χ1v) is 10.3. The van der Waals surface area contributed by atoms with Gasteiger partial charge in [-0.25, -0.2) is 0 Å². The summed E-state index contributed by atoms with van der Waals surface area (Å²) in [7, 11) is 0. The van der Waals surface area contributed by atoms with E-state index in [0.717, 1.165) is 32.3 Å². The van der Waals surface area contributed by atoms with Crippen LogP contribution in [0.1, 0.15) is 36.5 Å². The topological polar surface area (TPSA) is 51.2 Å².